The molecule has 1 fully saturated rings. The van der Waals surface area contributed by atoms with Crippen LogP contribution in [0.1, 0.15) is 37.0 Å². The van der Waals surface area contributed by atoms with Gasteiger partial charge in [-0.25, -0.2) is 4.98 Å². The number of hydrogen-bond acceptors (Lipinski definition) is 3. The van der Waals surface area contributed by atoms with Gasteiger partial charge in [0.25, 0.3) is 5.91 Å². The lowest BCUT2D eigenvalue weighted by molar-refractivity contribution is -0.135. The average molecular weight is 310 g/mol. The SMILES string of the molecule is CC(C)C(=O)N1CCC(NC(=O)c2cccnc2Cl)CC1. The van der Waals surface area contributed by atoms with Crippen LogP contribution in [0, 0.1) is 5.92 Å². The summed E-state index contributed by atoms with van der Waals surface area (Å²) in [6.07, 6.45) is 3.08. The Labute approximate surface area is 129 Å². The van der Waals surface area contributed by atoms with Crippen molar-refractivity contribution < 1.29 is 9.59 Å². The summed E-state index contributed by atoms with van der Waals surface area (Å²) in [7, 11) is 0. The lowest BCUT2D eigenvalue weighted by Gasteiger charge is -2.33. The zero-order chi connectivity index (χ0) is 15.4. The van der Waals surface area contributed by atoms with Crippen molar-refractivity contribution in [2.75, 3.05) is 13.1 Å². The highest BCUT2D eigenvalue weighted by Crippen LogP contribution is 2.16. The Balaban J connectivity index is 1.88. The molecule has 2 heterocycles. The Kier molecular flexibility index (Phi) is 5.17. The molecule has 0 aliphatic carbocycles. The largest absolute Gasteiger partial charge is 0.349 e. The second kappa shape index (κ2) is 6.89. The third-order valence-corrected chi connectivity index (χ3v) is 3.94. The van der Waals surface area contributed by atoms with Crippen molar-refractivity contribution >= 4 is 23.4 Å². The predicted molar refractivity (Wildman–Crippen MR) is 81.2 cm³/mol. The third kappa shape index (κ3) is 3.94. The van der Waals surface area contributed by atoms with E-state index in [1.54, 1.807) is 18.3 Å². The van der Waals surface area contributed by atoms with E-state index in [0.717, 1.165) is 12.8 Å². The van der Waals surface area contributed by atoms with Gasteiger partial charge in [-0.15, -0.1) is 0 Å². The standard InChI is InChI=1S/C15H20ClN3O2/c1-10(2)15(21)19-8-5-11(6-9-19)18-14(20)12-4-3-7-17-13(12)16/h3-4,7,10-11H,5-6,8-9H2,1-2H3,(H,18,20). The minimum atomic E-state index is -0.207. The zero-order valence-corrected chi connectivity index (χ0v) is 13.1. The van der Waals surface area contributed by atoms with Crippen LogP contribution in [0.15, 0.2) is 18.3 Å². The van der Waals surface area contributed by atoms with E-state index < -0.39 is 0 Å². The van der Waals surface area contributed by atoms with Crippen molar-refractivity contribution in [3.05, 3.63) is 29.0 Å². The number of amides is 2. The van der Waals surface area contributed by atoms with Crippen LogP contribution in [0.2, 0.25) is 5.15 Å². The number of piperidine rings is 1. The number of carbonyl (C=O) groups excluding carboxylic acids is 2. The topological polar surface area (TPSA) is 62.3 Å². The molecule has 114 valence electrons. The minimum absolute atomic E-state index is 0.0188. The number of halogens is 1. The van der Waals surface area contributed by atoms with Crippen LogP contribution in [-0.2, 0) is 4.79 Å². The molecule has 0 spiro atoms. The Hall–Kier alpha value is -1.62. The molecule has 6 heteroatoms. The van der Waals surface area contributed by atoms with E-state index in [2.05, 4.69) is 10.3 Å². The van der Waals surface area contributed by atoms with Gasteiger partial charge in [-0.05, 0) is 25.0 Å². The molecule has 1 saturated heterocycles. The molecule has 1 aromatic heterocycles. The summed E-state index contributed by atoms with van der Waals surface area (Å²) in [5.74, 6) is -0.0119. The van der Waals surface area contributed by atoms with Crippen LogP contribution in [0.4, 0.5) is 0 Å². The van der Waals surface area contributed by atoms with E-state index in [4.69, 9.17) is 11.6 Å². The van der Waals surface area contributed by atoms with Crippen molar-refractivity contribution in [1.29, 1.82) is 0 Å². The molecule has 0 radical (unpaired) electrons. The number of nitrogens with zero attached hydrogens (tertiary/aromatic N) is 2. The van der Waals surface area contributed by atoms with Crippen LogP contribution >= 0.6 is 11.6 Å². The molecule has 1 aromatic rings. The first-order valence-corrected chi connectivity index (χ1v) is 7.57. The fourth-order valence-electron chi connectivity index (χ4n) is 2.43. The highest BCUT2D eigenvalue weighted by molar-refractivity contribution is 6.32. The number of aromatic nitrogens is 1. The molecule has 5 nitrogen and oxygen atoms in total. The number of pyridine rings is 1. The Bertz CT molecular complexity index is 525. The molecule has 1 N–H and O–H groups in total. The summed E-state index contributed by atoms with van der Waals surface area (Å²) in [5, 5.41) is 3.17. The lowest BCUT2D eigenvalue weighted by atomic mass is 10.0. The number of nitrogens with one attached hydrogen (secondary N) is 1. The number of likely N-dealkylation sites (tertiary alicyclic amines) is 1. The van der Waals surface area contributed by atoms with Crippen LogP contribution in [0.25, 0.3) is 0 Å². The van der Waals surface area contributed by atoms with Crippen LogP contribution in [0.3, 0.4) is 0 Å². The van der Waals surface area contributed by atoms with Crippen molar-refractivity contribution in [2.45, 2.75) is 32.7 Å². The maximum atomic E-state index is 12.1. The Morgan fingerprint density at radius 3 is 2.62 bits per heavy atom. The molecule has 0 bridgehead atoms. The average Bonchev–Trinajstić information content (AvgIpc) is 2.47. The molecule has 1 aliphatic rings. The van der Waals surface area contributed by atoms with Crippen LogP contribution in [-0.4, -0.2) is 40.8 Å². The summed E-state index contributed by atoms with van der Waals surface area (Å²) in [4.78, 5) is 29.8. The number of carbonyl (C=O) groups is 2. The van der Waals surface area contributed by atoms with Crippen molar-refractivity contribution in [3.8, 4) is 0 Å². The quantitative estimate of drug-likeness (QED) is 0.870. The smallest absolute Gasteiger partial charge is 0.254 e. The maximum absolute atomic E-state index is 12.1. The van der Waals surface area contributed by atoms with Gasteiger partial charge in [0.1, 0.15) is 5.15 Å². The fraction of sp³-hybridized carbons (Fsp3) is 0.533. The van der Waals surface area contributed by atoms with E-state index in [0.29, 0.717) is 18.7 Å². The van der Waals surface area contributed by atoms with Gasteiger partial charge in [-0.3, -0.25) is 9.59 Å². The summed E-state index contributed by atoms with van der Waals surface area (Å²) >= 11 is 5.91. The van der Waals surface area contributed by atoms with Gasteiger partial charge >= 0.3 is 0 Å². The highest BCUT2D eigenvalue weighted by atomic mass is 35.5. The summed E-state index contributed by atoms with van der Waals surface area (Å²) in [6, 6.07) is 3.41. The lowest BCUT2D eigenvalue weighted by Crippen LogP contribution is -2.47. The monoisotopic (exact) mass is 309 g/mol. The molecule has 2 amide bonds. The first-order chi connectivity index (χ1) is 9.99. The number of hydrogen-bond donors (Lipinski definition) is 1. The van der Waals surface area contributed by atoms with Crippen LogP contribution in [0.5, 0.6) is 0 Å². The zero-order valence-electron chi connectivity index (χ0n) is 12.3. The molecule has 1 aliphatic heterocycles. The molecule has 0 atom stereocenters. The van der Waals surface area contributed by atoms with E-state index in [-0.39, 0.29) is 28.9 Å². The van der Waals surface area contributed by atoms with E-state index in [1.165, 1.54) is 0 Å². The van der Waals surface area contributed by atoms with Crippen molar-refractivity contribution in [1.82, 2.24) is 15.2 Å². The molecule has 0 saturated carbocycles. The third-order valence-electron chi connectivity index (χ3n) is 3.64. The van der Waals surface area contributed by atoms with Gasteiger partial charge in [0, 0.05) is 31.2 Å². The molecular weight excluding hydrogens is 290 g/mol. The van der Waals surface area contributed by atoms with Crippen molar-refractivity contribution in [2.24, 2.45) is 5.92 Å². The van der Waals surface area contributed by atoms with E-state index in [1.807, 2.05) is 18.7 Å². The number of rotatable bonds is 3. The summed E-state index contributed by atoms with van der Waals surface area (Å²) < 4.78 is 0. The first kappa shape index (κ1) is 15.8. The molecule has 0 unspecified atom stereocenters. The summed E-state index contributed by atoms with van der Waals surface area (Å²) in [5.41, 5.74) is 0.389. The van der Waals surface area contributed by atoms with Crippen LogP contribution < -0.4 is 5.32 Å². The van der Waals surface area contributed by atoms with Gasteiger partial charge in [0.05, 0.1) is 5.56 Å². The van der Waals surface area contributed by atoms with Gasteiger partial charge in [0.2, 0.25) is 5.91 Å². The molecule has 21 heavy (non-hydrogen) atoms. The fourth-order valence-corrected chi connectivity index (χ4v) is 2.63. The van der Waals surface area contributed by atoms with Gasteiger partial charge < -0.3 is 10.2 Å². The summed E-state index contributed by atoms with van der Waals surface area (Å²) in [6.45, 7) is 5.17. The first-order valence-electron chi connectivity index (χ1n) is 7.19. The maximum Gasteiger partial charge on any atom is 0.254 e. The highest BCUT2D eigenvalue weighted by Gasteiger charge is 2.25. The van der Waals surface area contributed by atoms with Gasteiger partial charge in [0.15, 0.2) is 0 Å². The molecular formula is C15H20ClN3O2. The van der Waals surface area contributed by atoms with Crippen molar-refractivity contribution in [3.63, 3.8) is 0 Å². The predicted octanol–water partition coefficient (Wildman–Crippen LogP) is 2.11. The molecule has 0 aromatic carbocycles. The second-order valence-electron chi connectivity index (χ2n) is 5.57. The van der Waals surface area contributed by atoms with E-state index in [9.17, 15) is 9.59 Å². The van der Waals surface area contributed by atoms with Gasteiger partial charge in [-0.2, -0.15) is 0 Å². The minimum Gasteiger partial charge on any atom is -0.349 e. The van der Waals surface area contributed by atoms with Gasteiger partial charge in [-0.1, -0.05) is 25.4 Å². The second-order valence-corrected chi connectivity index (χ2v) is 5.93. The molecule has 2 rings (SSSR count). The Morgan fingerprint density at radius 2 is 2.05 bits per heavy atom. The Morgan fingerprint density at radius 1 is 1.38 bits per heavy atom. The van der Waals surface area contributed by atoms with E-state index >= 15 is 0 Å². The normalized spacial score (nSPS) is 16.1.